The van der Waals surface area contributed by atoms with Gasteiger partial charge in [0.25, 0.3) is 0 Å². The quantitative estimate of drug-likeness (QED) is 0.807. The van der Waals surface area contributed by atoms with Crippen LogP contribution in [0.1, 0.15) is 6.92 Å². The minimum absolute atomic E-state index is 0.606. The van der Waals surface area contributed by atoms with Gasteiger partial charge in [-0.3, -0.25) is 10.4 Å². The highest BCUT2D eigenvalue weighted by molar-refractivity contribution is 9.11. The molecule has 0 aromatic heterocycles. The highest BCUT2D eigenvalue weighted by Crippen LogP contribution is 2.22. The molecule has 1 aromatic rings. The third kappa shape index (κ3) is 3.78. The van der Waals surface area contributed by atoms with Gasteiger partial charge in [-0.05, 0) is 30.7 Å². The minimum Gasteiger partial charge on any atom is -0.341 e. The molecule has 2 rings (SSSR count). The molecule has 0 amide bonds. The van der Waals surface area contributed by atoms with Crippen molar-refractivity contribution in [3.63, 3.8) is 0 Å². The van der Waals surface area contributed by atoms with Crippen molar-refractivity contribution in [1.82, 2.24) is 10.4 Å². The van der Waals surface area contributed by atoms with Gasteiger partial charge in [0.05, 0.1) is 6.54 Å². The third-order valence-electron chi connectivity index (χ3n) is 2.60. The van der Waals surface area contributed by atoms with Crippen LogP contribution in [0.15, 0.2) is 64.0 Å². The number of para-hydroxylation sites is 1. The molecule has 0 atom stereocenters. The summed E-state index contributed by atoms with van der Waals surface area (Å²) in [7, 11) is 0. The van der Waals surface area contributed by atoms with E-state index >= 15 is 0 Å². The van der Waals surface area contributed by atoms with E-state index in [1.165, 1.54) is 0 Å². The highest BCUT2D eigenvalue weighted by atomic mass is 79.9. The Kier molecular flexibility index (Phi) is 4.56. The zero-order valence-electron chi connectivity index (χ0n) is 10.6. The van der Waals surface area contributed by atoms with Gasteiger partial charge < -0.3 is 5.32 Å². The Morgan fingerprint density at radius 2 is 2.11 bits per heavy atom. The van der Waals surface area contributed by atoms with Crippen molar-refractivity contribution in [2.45, 2.75) is 6.92 Å². The first-order valence-electron chi connectivity index (χ1n) is 5.84. The molecule has 0 saturated heterocycles. The predicted octanol–water partition coefficient (Wildman–Crippen LogP) is 4.14. The first-order valence-corrected chi connectivity index (χ1v) is 7.01. The summed E-state index contributed by atoms with van der Waals surface area (Å²) in [6.07, 6.45) is 2.00. The van der Waals surface area contributed by atoms with Crippen LogP contribution < -0.4 is 10.7 Å². The van der Waals surface area contributed by atoms with Crippen LogP contribution in [0.5, 0.6) is 0 Å². The number of hydrogen-bond acceptors (Lipinski definition) is 3. The summed E-state index contributed by atoms with van der Waals surface area (Å²) in [4.78, 5) is 0. The van der Waals surface area contributed by atoms with Gasteiger partial charge in [-0.25, -0.2) is 0 Å². The zero-order valence-corrected chi connectivity index (χ0v) is 12.9. The second-order valence-electron chi connectivity index (χ2n) is 4.23. The molecule has 0 fully saturated rings. The number of nitrogens with one attached hydrogen (secondary N) is 2. The van der Waals surface area contributed by atoms with Crippen LogP contribution in [0.25, 0.3) is 0 Å². The molecule has 5 heteroatoms. The second-order valence-corrected chi connectivity index (χ2v) is 5.73. The van der Waals surface area contributed by atoms with Crippen LogP contribution in [0.3, 0.4) is 0 Å². The Labute approximate surface area is 126 Å². The number of rotatable bonds is 4. The second kappa shape index (κ2) is 6.17. The SMILES string of the molecule is C=C(Br)CN1NC(Cl)=C(C)C=C1Nc1ccccc1. The van der Waals surface area contributed by atoms with E-state index in [1.807, 2.05) is 48.3 Å². The summed E-state index contributed by atoms with van der Waals surface area (Å²) in [5.74, 6) is 0.925. The molecule has 0 saturated carbocycles. The summed E-state index contributed by atoms with van der Waals surface area (Å²) < 4.78 is 0.866. The standard InChI is InChI=1S/C14H15BrClN3/c1-10-8-13(17-12-6-4-3-5-7-12)19(9-11(2)15)18-14(10)16/h3-8,17-18H,2,9H2,1H3. The number of hydrogen-bond donors (Lipinski definition) is 2. The molecule has 0 bridgehead atoms. The average molecular weight is 341 g/mol. The molecule has 1 aliphatic rings. The smallest absolute Gasteiger partial charge is 0.125 e. The van der Waals surface area contributed by atoms with E-state index in [2.05, 4.69) is 33.3 Å². The Hall–Kier alpha value is -1.39. The molecule has 2 N–H and O–H groups in total. The van der Waals surface area contributed by atoms with E-state index < -0.39 is 0 Å². The number of hydrazine groups is 1. The van der Waals surface area contributed by atoms with Crippen molar-refractivity contribution < 1.29 is 0 Å². The van der Waals surface area contributed by atoms with Crippen molar-refractivity contribution >= 4 is 33.2 Å². The van der Waals surface area contributed by atoms with Crippen LogP contribution in [0.2, 0.25) is 0 Å². The summed E-state index contributed by atoms with van der Waals surface area (Å²) in [6.45, 7) is 6.42. The molecule has 0 unspecified atom stereocenters. The van der Waals surface area contributed by atoms with Crippen molar-refractivity contribution in [1.29, 1.82) is 0 Å². The lowest BCUT2D eigenvalue weighted by Crippen LogP contribution is -2.41. The lowest BCUT2D eigenvalue weighted by atomic mass is 10.2. The number of halogens is 2. The Morgan fingerprint density at radius 1 is 1.42 bits per heavy atom. The predicted molar refractivity (Wildman–Crippen MR) is 84.6 cm³/mol. The Balaban J connectivity index is 2.22. The molecule has 19 heavy (non-hydrogen) atoms. The number of anilines is 1. The first-order chi connectivity index (χ1) is 9.06. The van der Waals surface area contributed by atoms with Crippen molar-refractivity contribution in [2.24, 2.45) is 0 Å². The lowest BCUT2D eigenvalue weighted by molar-refractivity contribution is 0.308. The van der Waals surface area contributed by atoms with Gasteiger partial charge in [0.1, 0.15) is 11.0 Å². The Morgan fingerprint density at radius 3 is 2.74 bits per heavy atom. The van der Waals surface area contributed by atoms with E-state index in [0.717, 1.165) is 21.6 Å². The highest BCUT2D eigenvalue weighted by Gasteiger charge is 2.17. The van der Waals surface area contributed by atoms with Gasteiger partial charge in [0, 0.05) is 10.2 Å². The van der Waals surface area contributed by atoms with Crippen LogP contribution in [0, 0.1) is 0 Å². The maximum absolute atomic E-state index is 6.12. The van der Waals surface area contributed by atoms with E-state index in [0.29, 0.717) is 11.7 Å². The van der Waals surface area contributed by atoms with E-state index in [1.54, 1.807) is 0 Å². The summed E-state index contributed by atoms with van der Waals surface area (Å²) in [5, 5.41) is 5.88. The lowest BCUT2D eigenvalue weighted by Gasteiger charge is -2.32. The largest absolute Gasteiger partial charge is 0.341 e. The third-order valence-corrected chi connectivity index (χ3v) is 3.23. The maximum Gasteiger partial charge on any atom is 0.125 e. The minimum atomic E-state index is 0.606. The molecule has 0 spiro atoms. The first kappa shape index (κ1) is 14.0. The van der Waals surface area contributed by atoms with Crippen LogP contribution >= 0.6 is 27.5 Å². The molecule has 3 nitrogen and oxygen atoms in total. The molecular formula is C14H15BrClN3. The summed E-state index contributed by atoms with van der Waals surface area (Å²) in [5.41, 5.74) is 5.13. The van der Waals surface area contributed by atoms with Crippen molar-refractivity contribution in [3.8, 4) is 0 Å². The number of allylic oxidation sites excluding steroid dienone is 2. The van der Waals surface area contributed by atoms with E-state index in [9.17, 15) is 0 Å². The topological polar surface area (TPSA) is 27.3 Å². The maximum atomic E-state index is 6.12. The Bertz CT molecular complexity index is 537. The van der Waals surface area contributed by atoms with Gasteiger partial charge >= 0.3 is 0 Å². The van der Waals surface area contributed by atoms with Crippen LogP contribution in [0.4, 0.5) is 5.69 Å². The van der Waals surface area contributed by atoms with E-state index in [-0.39, 0.29) is 0 Å². The number of nitrogens with zero attached hydrogens (tertiary/aromatic N) is 1. The molecule has 0 aliphatic carbocycles. The van der Waals surface area contributed by atoms with Crippen LogP contribution in [-0.2, 0) is 0 Å². The van der Waals surface area contributed by atoms with Gasteiger partial charge in [0.15, 0.2) is 0 Å². The number of benzene rings is 1. The van der Waals surface area contributed by atoms with Gasteiger partial charge in [-0.1, -0.05) is 52.3 Å². The fourth-order valence-electron chi connectivity index (χ4n) is 1.68. The van der Waals surface area contributed by atoms with Crippen molar-refractivity contribution in [2.75, 3.05) is 11.9 Å². The molecular weight excluding hydrogens is 326 g/mol. The van der Waals surface area contributed by atoms with Gasteiger partial charge in [-0.2, -0.15) is 0 Å². The molecule has 100 valence electrons. The van der Waals surface area contributed by atoms with Gasteiger partial charge in [-0.15, -0.1) is 0 Å². The fraction of sp³-hybridized carbons (Fsp3) is 0.143. The zero-order chi connectivity index (χ0) is 13.8. The summed E-state index contributed by atoms with van der Waals surface area (Å²) >= 11 is 9.49. The molecule has 1 heterocycles. The monoisotopic (exact) mass is 339 g/mol. The average Bonchev–Trinajstić information content (AvgIpc) is 2.36. The van der Waals surface area contributed by atoms with Gasteiger partial charge in [0.2, 0.25) is 0 Å². The summed E-state index contributed by atoms with van der Waals surface area (Å²) in [6, 6.07) is 9.98. The fourth-order valence-corrected chi connectivity index (χ4v) is 2.09. The van der Waals surface area contributed by atoms with Crippen molar-refractivity contribution in [3.05, 3.63) is 64.0 Å². The molecule has 0 radical (unpaired) electrons. The molecule has 1 aliphatic heterocycles. The molecule has 1 aromatic carbocycles. The van der Waals surface area contributed by atoms with E-state index in [4.69, 9.17) is 11.6 Å². The van der Waals surface area contributed by atoms with Crippen LogP contribution in [-0.4, -0.2) is 11.6 Å². The normalized spacial score (nSPS) is 14.9.